The van der Waals surface area contributed by atoms with Gasteiger partial charge in [0.1, 0.15) is 16.6 Å². The van der Waals surface area contributed by atoms with Crippen LogP contribution < -0.4 is 10.1 Å². The Balaban J connectivity index is 2.16. The predicted octanol–water partition coefficient (Wildman–Crippen LogP) is 4.01. The van der Waals surface area contributed by atoms with Crippen molar-refractivity contribution in [2.24, 2.45) is 0 Å². The van der Waals surface area contributed by atoms with Crippen molar-refractivity contribution in [3.63, 3.8) is 0 Å². The van der Waals surface area contributed by atoms with Gasteiger partial charge in [0.2, 0.25) is 0 Å². The summed E-state index contributed by atoms with van der Waals surface area (Å²) in [5.41, 5.74) is 0.697. The van der Waals surface area contributed by atoms with Crippen molar-refractivity contribution < 1.29 is 14.1 Å². The highest BCUT2D eigenvalue weighted by Crippen LogP contribution is 2.26. The number of benzene rings is 2. The molecule has 0 saturated heterocycles. The third kappa shape index (κ3) is 3.61. The molecule has 0 aliphatic heterocycles. The number of anilines is 1. The molecule has 0 aliphatic rings. The zero-order valence-electron chi connectivity index (χ0n) is 11.1. The van der Waals surface area contributed by atoms with Crippen LogP contribution in [0.3, 0.4) is 0 Å². The number of ether oxygens (including phenoxy) is 1. The van der Waals surface area contributed by atoms with Crippen LogP contribution in [-0.2, 0) is 6.54 Å². The summed E-state index contributed by atoms with van der Waals surface area (Å²) in [4.78, 5) is 10.3. The molecular formula is C14H12ClFN2O3. The molecule has 21 heavy (non-hydrogen) atoms. The van der Waals surface area contributed by atoms with E-state index in [2.05, 4.69) is 5.32 Å². The van der Waals surface area contributed by atoms with E-state index >= 15 is 0 Å². The second kappa shape index (κ2) is 6.41. The van der Waals surface area contributed by atoms with Crippen LogP contribution in [0.5, 0.6) is 5.75 Å². The zero-order chi connectivity index (χ0) is 15.4. The molecule has 0 saturated carbocycles. The topological polar surface area (TPSA) is 64.4 Å². The summed E-state index contributed by atoms with van der Waals surface area (Å²) in [5, 5.41) is 13.7. The quantitative estimate of drug-likeness (QED) is 0.669. The Bertz CT molecular complexity index is 679. The van der Waals surface area contributed by atoms with E-state index in [1.54, 1.807) is 6.07 Å². The summed E-state index contributed by atoms with van der Waals surface area (Å²) < 4.78 is 18.6. The van der Waals surface area contributed by atoms with E-state index in [1.165, 1.54) is 37.4 Å². The molecule has 2 aromatic rings. The first-order valence-corrected chi connectivity index (χ1v) is 6.39. The van der Waals surface area contributed by atoms with Crippen LogP contribution in [0.4, 0.5) is 15.8 Å². The number of rotatable bonds is 5. The molecule has 0 aromatic heterocycles. The third-order valence-corrected chi connectivity index (χ3v) is 3.18. The highest BCUT2D eigenvalue weighted by atomic mass is 35.5. The van der Waals surface area contributed by atoms with Gasteiger partial charge in [0.25, 0.3) is 5.69 Å². The molecule has 0 bridgehead atoms. The third-order valence-electron chi connectivity index (χ3n) is 2.86. The molecule has 0 heterocycles. The number of methoxy groups -OCH3 is 1. The Morgan fingerprint density at radius 1 is 1.33 bits per heavy atom. The maximum absolute atomic E-state index is 13.6. The molecule has 0 atom stereocenters. The van der Waals surface area contributed by atoms with Gasteiger partial charge in [-0.05, 0) is 23.8 Å². The van der Waals surface area contributed by atoms with Gasteiger partial charge in [-0.3, -0.25) is 10.1 Å². The van der Waals surface area contributed by atoms with Gasteiger partial charge < -0.3 is 10.1 Å². The Kier molecular flexibility index (Phi) is 4.59. The molecule has 0 radical (unpaired) electrons. The lowest BCUT2D eigenvalue weighted by Gasteiger charge is -2.09. The molecule has 5 nitrogen and oxygen atoms in total. The standard InChI is InChI=1S/C14H12ClFN2O3/c1-21-10-3-5-12(16)13(7-10)17-8-9-2-4-11(15)14(6-9)18(19)20/h2-7,17H,8H2,1H3. The Labute approximate surface area is 125 Å². The van der Waals surface area contributed by atoms with E-state index in [4.69, 9.17) is 16.3 Å². The summed E-state index contributed by atoms with van der Waals surface area (Å²) in [6.07, 6.45) is 0. The van der Waals surface area contributed by atoms with Crippen molar-refractivity contribution in [3.8, 4) is 5.75 Å². The first-order valence-electron chi connectivity index (χ1n) is 6.01. The van der Waals surface area contributed by atoms with Gasteiger partial charge in [-0.2, -0.15) is 0 Å². The average molecular weight is 311 g/mol. The van der Waals surface area contributed by atoms with Crippen LogP contribution >= 0.6 is 11.6 Å². The smallest absolute Gasteiger partial charge is 0.288 e. The van der Waals surface area contributed by atoms with Crippen LogP contribution in [0.15, 0.2) is 36.4 Å². The summed E-state index contributed by atoms with van der Waals surface area (Å²) >= 11 is 5.73. The van der Waals surface area contributed by atoms with Gasteiger partial charge in [-0.25, -0.2) is 4.39 Å². The monoisotopic (exact) mass is 310 g/mol. The average Bonchev–Trinajstić information content (AvgIpc) is 2.47. The highest BCUT2D eigenvalue weighted by molar-refractivity contribution is 6.32. The van der Waals surface area contributed by atoms with Gasteiger partial charge in [0.05, 0.1) is 17.7 Å². The van der Waals surface area contributed by atoms with Crippen molar-refractivity contribution >= 4 is 23.0 Å². The number of nitro groups is 1. The van der Waals surface area contributed by atoms with Crippen LogP contribution in [0.25, 0.3) is 0 Å². The second-order valence-corrected chi connectivity index (χ2v) is 4.65. The lowest BCUT2D eigenvalue weighted by Crippen LogP contribution is -2.02. The summed E-state index contributed by atoms with van der Waals surface area (Å²) in [6.45, 7) is 0.224. The van der Waals surface area contributed by atoms with E-state index in [0.29, 0.717) is 11.3 Å². The number of hydrogen-bond acceptors (Lipinski definition) is 4. The maximum Gasteiger partial charge on any atom is 0.288 e. The molecular weight excluding hydrogens is 299 g/mol. The number of hydrogen-bond donors (Lipinski definition) is 1. The molecule has 0 spiro atoms. The maximum atomic E-state index is 13.6. The Morgan fingerprint density at radius 2 is 2.10 bits per heavy atom. The molecule has 110 valence electrons. The number of nitrogens with one attached hydrogen (secondary N) is 1. The van der Waals surface area contributed by atoms with Gasteiger partial charge in [0, 0.05) is 18.7 Å². The summed E-state index contributed by atoms with van der Waals surface area (Å²) in [5.74, 6) is 0.0836. The first-order chi connectivity index (χ1) is 10.0. The number of nitrogens with zero attached hydrogens (tertiary/aromatic N) is 1. The second-order valence-electron chi connectivity index (χ2n) is 4.24. The molecule has 0 unspecified atom stereocenters. The minimum absolute atomic E-state index is 0.0660. The van der Waals surface area contributed by atoms with E-state index in [0.717, 1.165) is 0 Å². The largest absolute Gasteiger partial charge is 0.497 e. The fourth-order valence-electron chi connectivity index (χ4n) is 1.77. The van der Waals surface area contributed by atoms with Crippen molar-refractivity contribution in [1.82, 2.24) is 0 Å². The van der Waals surface area contributed by atoms with Crippen molar-refractivity contribution in [1.29, 1.82) is 0 Å². The molecule has 0 aliphatic carbocycles. The van der Waals surface area contributed by atoms with E-state index in [9.17, 15) is 14.5 Å². The normalized spacial score (nSPS) is 10.2. The van der Waals surface area contributed by atoms with E-state index < -0.39 is 10.7 Å². The van der Waals surface area contributed by atoms with Gasteiger partial charge in [0.15, 0.2) is 0 Å². The van der Waals surface area contributed by atoms with Gasteiger partial charge >= 0.3 is 0 Å². The zero-order valence-corrected chi connectivity index (χ0v) is 11.9. The minimum atomic E-state index is -0.558. The van der Waals surface area contributed by atoms with Gasteiger partial charge in [-0.15, -0.1) is 0 Å². The SMILES string of the molecule is COc1ccc(F)c(NCc2ccc(Cl)c([N+](=O)[O-])c2)c1. The first kappa shape index (κ1) is 15.1. The highest BCUT2D eigenvalue weighted by Gasteiger charge is 2.13. The number of halogens is 2. The molecule has 1 N–H and O–H groups in total. The van der Waals surface area contributed by atoms with Crippen LogP contribution in [0.1, 0.15) is 5.56 Å². The van der Waals surface area contributed by atoms with Crippen molar-refractivity contribution in [2.45, 2.75) is 6.54 Å². The molecule has 7 heteroatoms. The van der Waals surface area contributed by atoms with Crippen LogP contribution in [-0.4, -0.2) is 12.0 Å². The molecule has 2 aromatic carbocycles. The predicted molar refractivity (Wildman–Crippen MR) is 78.4 cm³/mol. The summed E-state index contributed by atoms with van der Waals surface area (Å²) in [6, 6.07) is 8.74. The minimum Gasteiger partial charge on any atom is -0.497 e. The van der Waals surface area contributed by atoms with Crippen LogP contribution in [0, 0.1) is 15.9 Å². The lowest BCUT2D eigenvalue weighted by atomic mass is 10.2. The van der Waals surface area contributed by atoms with Gasteiger partial charge in [-0.1, -0.05) is 17.7 Å². The fourth-order valence-corrected chi connectivity index (χ4v) is 1.96. The van der Waals surface area contributed by atoms with E-state index in [-0.39, 0.29) is 22.9 Å². The molecule has 2 rings (SSSR count). The molecule has 0 fully saturated rings. The van der Waals surface area contributed by atoms with Crippen molar-refractivity contribution in [3.05, 3.63) is 62.9 Å². The lowest BCUT2D eigenvalue weighted by molar-refractivity contribution is -0.384. The Morgan fingerprint density at radius 3 is 2.76 bits per heavy atom. The fraction of sp³-hybridized carbons (Fsp3) is 0.143. The van der Waals surface area contributed by atoms with Crippen LogP contribution in [0.2, 0.25) is 5.02 Å². The van der Waals surface area contributed by atoms with Crippen molar-refractivity contribution in [2.75, 3.05) is 12.4 Å². The summed E-state index contributed by atoms with van der Waals surface area (Å²) in [7, 11) is 1.49. The molecule has 0 amide bonds. The number of nitro benzene ring substituents is 1. The Hall–Kier alpha value is -2.34. The van der Waals surface area contributed by atoms with E-state index in [1.807, 2.05) is 0 Å².